The SMILES string of the molecule is OCCCCCCCC1=CCCNCC1. The zero-order valence-electron chi connectivity index (χ0n) is 9.80. The molecule has 0 fully saturated rings. The molecule has 0 aromatic rings. The van der Waals surface area contributed by atoms with Crippen molar-refractivity contribution in [1.29, 1.82) is 0 Å². The summed E-state index contributed by atoms with van der Waals surface area (Å²) in [7, 11) is 0. The molecule has 0 aromatic heterocycles. The second-order valence-corrected chi connectivity index (χ2v) is 4.39. The minimum atomic E-state index is 0.358. The van der Waals surface area contributed by atoms with E-state index in [1.165, 1.54) is 44.9 Å². The van der Waals surface area contributed by atoms with Crippen molar-refractivity contribution in [1.82, 2.24) is 5.32 Å². The van der Waals surface area contributed by atoms with E-state index in [0.717, 1.165) is 19.5 Å². The molecular weight excluding hydrogens is 186 g/mol. The fourth-order valence-corrected chi connectivity index (χ4v) is 2.08. The molecule has 0 radical (unpaired) electrons. The van der Waals surface area contributed by atoms with Crippen LogP contribution in [0.2, 0.25) is 0 Å². The molecular formula is C13H25NO. The van der Waals surface area contributed by atoms with E-state index in [1.54, 1.807) is 5.57 Å². The molecule has 0 bridgehead atoms. The monoisotopic (exact) mass is 211 g/mol. The topological polar surface area (TPSA) is 32.3 Å². The lowest BCUT2D eigenvalue weighted by molar-refractivity contribution is 0.282. The molecule has 0 atom stereocenters. The Labute approximate surface area is 93.8 Å². The van der Waals surface area contributed by atoms with Crippen molar-refractivity contribution in [3.63, 3.8) is 0 Å². The third kappa shape index (κ3) is 6.69. The van der Waals surface area contributed by atoms with Gasteiger partial charge in [-0.05, 0) is 45.2 Å². The summed E-state index contributed by atoms with van der Waals surface area (Å²) in [6.45, 7) is 2.67. The standard InChI is InChI=1S/C13H25NO/c15-12-5-3-1-2-4-7-13-8-6-10-14-11-9-13/h8,14-15H,1-7,9-12H2. The van der Waals surface area contributed by atoms with Crippen LogP contribution in [-0.4, -0.2) is 24.8 Å². The minimum absolute atomic E-state index is 0.358. The summed E-state index contributed by atoms with van der Waals surface area (Å²) < 4.78 is 0. The first kappa shape index (κ1) is 12.7. The first-order chi connectivity index (χ1) is 7.43. The third-order valence-corrected chi connectivity index (χ3v) is 3.03. The molecule has 2 nitrogen and oxygen atoms in total. The van der Waals surface area contributed by atoms with Gasteiger partial charge in [0.15, 0.2) is 0 Å². The lowest BCUT2D eigenvalue weighted by Gasteiger charge is -2.05. The maximum Gasteiger partial charge on any atom is 0.0431 e. The lowest BCUT2D eigenvalue weighted by Crippen LogP contribution is -2.13. The average molecular weight is 211 g/mol. The second-order valence-electron chi connectivity index (χ2n) is 4.39. The Morgan fingerprint density at radius 3 is 2.73 bits per heavy atom. The van der Waals surface area contributed by atoms with Crippen LogP contribution in [0.3, 0.4) is 0 Å². The molecule has 2 heteroatoms. The highest BCUT2D eigenvalue weighted by Gasteiger charge is 2.01. The summed E-state index contributed by atoms with van der Waals surface area (Å²) in [5, 5.41) is 12.1. The first-order valence-electron chi connectivity index (χ1n) is 6.43. The average Bonchev–Trinajstić information content (AvgIpc) is 2.52. The second kappa shape index (κ2) is 8.93. The number of nitrogens with one attached hydrogen (secondary N) is 1. The van der Waals surface area contributed by atoms with Gasteiger partial charge in [-0.25, -0.2) is 0 Å². The smallest absolute Gasteiger partial charge is 0.0431 e. The fourth-order valence-electron chi connectivity index (χ4n) is 2.08. The fraction of sp³-hybridized carbons (Fsp3) is 0.846. The number of unbranched alkanes of at least 4 members (excludes halogenated alkanes) is 4. The van der Waals surface area contributed by atoms with Crippen LogP contribution in [0.25, 0.3) is 0 Å². The van der Waals surface area contributed by atoms with Crippen LogP contribution >= 0.6 is 0 Å². The van der Waals surface area contributed by atoms with E-state index in [9.17, 15) is 0 Å². The molecule has 15 heavy (non-hydrogen) atoms. The van der Waals surface area contributed by atoms with Crippen LogP contribution in [0, 0.1) is 0 Å². The predicted molar refractivity (Wildman–Crippen MR) is 65.0 cm³/mol. The van der Waals surface area contributed by atoms with E-state index in [4.69, 9.17) is 5.11 Å². The molecule has 0 aliphatic carbocycles. The van der Waals surface area contributed by atoms with Crippen LogP contribution in [-0.2, 0) is 0 Å². The van der Waals surface area contributed by atoms with Crippen molar-refractivity contribution in [2.75, 3.05) is 19.7 Å². The molecule has 0 amide bonds. The Morgan fingerprint density at radius 2 is 1.87 bits per heavy atom. The Balaban J connectivity index is 1.96. The van der Waals surface area contributed by atoms with E-state index in [0.29, 0.717) is 6.61 Å². The molecule has 2 N–H and O–H groups in total. The molecule has 0 spiro atoms. The van der Waals surface area contributed by atoms with E-state index in [1.807, 2.05) is 0 Å². The Hall–Kier alpha value is -0.340. The number of hydrogen-bond acceptors (Lipinski definition) is 2. The predicted octanol–water partition coefficient (Wildman–Crippen LogP) is 2.63. The van der Waals surface area contributed by atoms with Crippen LogP contribution in [0.1, 0.15) is 51.4 Å². The van der Waals surface area contributed by atoms with Crippen molar-refractivity contribution >= 4 is 0 Å². The highest BCUT2D eigenvalue weighted by Crippen LogP contribution is 2.15. The zero-order valence-corrected chi connectivity index (χ0v) is 9.80. The van der Waals surface area contributed by atoms with Gasteiger partial charge < -0.3 is 10.4 Å². The quantitative estimate of drug-likeness (QED) is 0.501. The third-order valence-electron chi connectivity index (χ3n) is 3.03. The van der Waals surface area contributed by atoms with Crippen molar-refractivity contribution < 1.29 is 5.11 Å². The largest absolute Gasteiger partial charge is 0.396 e. The van der Waals surface area contributed by atoms with E-state index < -0.39 is 0 Å². The molecule has 1 heterocycles. The molecule has 0 unspecified atom stereocenters. The summed E-state index contributed by atoms with van der Waals surface area (Å²) in [5.41, 5.74) is 1.65. The lowest BCUT2D eigenvalue weighted by atomic mass is 10.0. The maximum absolute atomic E-state index is 8.64. The van der Waals surface area contributed by atoms with Crippen molar-refractivity contribution in [3.05, 3.63) is 11.6 Å². The van der Waals surface area contributed by atoms with E-state index >= 15 is 0 Å². The van der Waals surface area contributed by atoms with Crippen molar-refractivity contribution in [3.8, 4) is 0 Å². The van der Waals surface area contributed by atoms with Gasteiger partial charge in [-0.1, -0.05) is 30.9 Å². The van der Waals surface area contributed by atoms with Crippen molar-refractivity contribution in [2.45, 2.75) is 51.4 Å². The summed E-state index contributed by atoms with van der Waals surface area (Å²) in [6, 6.07) is 0. The minimum Gasteiger partial charge on any atom is -0.396 e. The summed E-state index contributed by atoms with van der Waals surface area (Å²) in [4.78, 5) is 0. The molecule has 1 aliphatic rings. The molecule has 88 valence electrons. The molecule has 0 aromatic carbocycles. The zero-order chi connectivity index (χ0) is 10.8. The normalized spacial score (nSPS) is 17.3. The molecule has 1 rings (SSSR count). The Kier molecular flexibility index (Phi) is 7.58. The van der Waals surface area contributed by atoms with Gasteiger partial charge >= 0.3 is 0 Å². The van der Waals surface area contributed by atoms with Gasteiger partial charge in [-0.15, -0.1) is 0 Å². The highest BCUT2D eigenvalue weighted by atomic mass is 16.2. The summed E-state index contributed by atoms with van der Waals surface area (Å²) in [5.74, 6) is 0. The van der Waals surface area contributed by atoms with E-state index in [2.05, 4.69) is 11.4 Å². The van der Waals surface area contributed by atoms with Crippen LogP contribution in [0.15, 0.2) is 11.6 Å². The van der Waals surface area contributed by atoms with Gasteiger partial charge in [-0.2, -0.15) is 0 Å². The van der Waals surface area contributed by atoms with Gasteiger partial charge in [0.05, 0.1) is 0 Å². The number of aliphatic hydroxyl groups is 1. The summed E-state index contributed by atoms with van der Waals surface area (Å²) >= 11 is 0. The van der Waals surface area contributed by atoms with Crippen LogP contribution < -0.4 is 5.32 Å². The van der Waals surface area contributed by atoms with Gasteiger partial charge in [0, 0.05) is 6.61 Å². The van der Waals surface area contributed by atoms with Crippen LogP contribution in [0.4, 0.5) is 0 Å². The van der Waals surface area contributed by atoms with Gasteiger partial charge in [-0.3, -0.25) is 0 Å². The summed E-state index contributed by atoms with van der Waals surface area (Å²) in [6.07, 6.45) is 12.3. The van der Waals surface area contributed by atoms with Crippen molar-refractivity contribution in [2.24, 2.45) is 0 Å². The number of rotatable bonds is 7. The molecule has 0 saturated carbocycles. The Bertz CT molecular complexity index is 177. The van der Waals surface area contributed by atoms with Gasteiger partial charge in [0.1, 0.15) is 0 Å². The number of hydrogen-bond donors (Lipinski definition) is 2. The Morgan fingerprint density at radius 1 is 1.07 bits per heavy atom. The van der Waals surface area contributed by atoms with E-state index in [-0.39, 0.29) is 0 Å². The van der Waals surface area contributed by atoms with Gasteiger partial charge in [0.25, 0.3) is 0 Å². The van der Waals surface area contributed by atoms with Crippen LogP contribution in [0.5, 0.6) is 0 Å². The maximum atomic E-state index is 8.64. The van der Waals surface area contributed by atoms with Gasteiger partial charge in [0.2, 0.25) is 0 Å². The molecule has 0 saturated heterocycles. The number of aliphatic hydroxyl groups excluding tert-OH is 1. The molecule has 1 aliphatic heterocycles. The first-order valence-corrected chi connectivity index (χ1v) is 6.43. The highest BCUT2D eigenvalue weighted by molar-refractivity contribution is 5.04.